The number of unbranched alkanes of at least 4 members (excludes halogenated alkanes) is 11. The molecule has 0 radical (unpaired) electrons. The summed E-state index contributed by atoms with van der Waals surface area (Å²) in [7, 11) is 0. The fraction of sp³-hybridized carbons (Fsp3) is 0.864. The van der Waals surface area contributed by atoms with Crippen molar-refractivity contribution in [2.45, 2.75) is 109 Å². The summed E-state index contributed by atoms with van der Waals surface area (Å²) in [5.74, 6) is -0.568. The van der Waals surface area contributed by atoms with Crippen LogP contribution in [0.1, 0.15) is 96.8 Å². The summed E-state index contributed by atoms with van der Waals surface area (Å²) in [5.41, 5.74) is 3.82. The van der Waals surface area contributed by atoms with Gasteiger partial charge in [0.25, 0.3) is 0 Å². The van der Waals surface area contributed by atoms with Crippen molar-refractivity contribution in [3.63, 3.8) is 0 Å². The summed E-state index contributed by atoms with van der Waals surface area (Å²) in [4.78, 5) is 11.7. The van der Waals surface area contributed by atoms with Gasteiger partial charge < -0.3 is 25.8 Å². The van der Waals surface area contributed by atoms with Gasteiger partial charge in [-0.05, 0) is 32.1 Å². The first kappa shape index (κ1) is 27.0. The summed E-state index contributed by atoms with van der Waals surface area (Å²) in [6.07, 6.45) is 18.4. The van der Waals surface area contributed by atoms with E-state index in [1.165, 1.54) is 51.4 Å². The molecule has 28 heavy (non-hydrogen) atoms. The van der Waals surface area contributed by atoms with Crippen molar-refractivity contribution in [1.82, 2.24) is 0 Å². The van der Waals surface area contributed by atoms with Crippen LogP contribution in [0.3, 0.4) is 0 Å². The summed E-state index contributed by atoms with van der Waals surface area (Å²) in [6.45, 7) is 0.892. The van der Waals surface area contributed by atoms with E-state index in [2.05, 4.69) is 19.1 Å². The van der Waals surface area contributed by atoms with Gasteiger partial charge in [-0.15, -0.1) is 0 Å². The maximum Gasteiger partial charge on any atom is 0.308 e. The summed E-state index contributed by atoms with van der Waals surface area (Å²) >= 11 is 0. The van der Waals surface area contributed by atoms with E-state index in [1.807, 2.05) is 0 Å². The quantitative estimate of drug-likeness (QED) is 0.114. The molecule has 6 nitrogen and oxygen atoms in total. The van der Waals surface area contributed by atoms with Gasteiger partial charge in [-0.3, -0.25) is 4.79 Å². The number of hydrogen-bond donors (Lipinski definition) is 4. The molecule has 0 spiro atoms. The molecule has 0 saturated carbocycles. The van der Waals surface area contributed by atoms with Crippen LogP contribution in [0, 0.1) is 0 Å². The molecule has 0 aromatic heterocycles. The topological polar surface area (TPSA) is 113 Å². The van der Waals surface area contributed by atoms with Crippen LogP contribution < -0.4 is 5.73 Å². The number of aliphatic hydroxyl groups excluding tert-OH is 3. The Labute approximate surface area is 171 Å². The molecule has 0 amide bonds. The van der Waals surface area contributed by atoms with Gasteiger partial charge in [0.05, 0.1) is 13.2 Å². The third kappa shape index (κ3) is 14.1. The van der Waals surface area contributed by atoms with Crippen molar-refractivity contribution < 1.29 is 24.9 Å². The zero-order valence-electron chi connectivity index (χ0n) is 17.8. The number of carbonyl (C=O) groups is 1. The zero-order valence-corrected chi connectivity index (χ0v) is 17.8. The maximum absolute atomic E-state index is 11.7. The van der Waals surface area contributed by atoms with Crippen molar-refractivity contribution in [2.24, 2.45) is 5.73 Å². The zero-order chi connectivity index (χ0) is 21.1. The molecule has 0 bridgehead atoms. The molecular formula is C22H43NO5. The Morgan fingerprint density at radius 2 is 1.36 bits per heavy atom. The van der Waals surface area contributed by atoms with Crippen LogP contribution >= 0.6 is 0 Å². The molecule has 0 fully saturated rings. The Morgan fingerprint density at radius 1 is 0.893 bits per heavy atom. The molecule has 0 aliphatic heterocycles. The molecule has 0 rings (SSSR count). The number of allylic oxidation sites excluding steroid dienone is 2. The third-order valence-corrected chi connectivity index (χ3v) is 4.97. The van der Waals surface area contributed by atoms with Crippen LogP contribution in [-0.4, -0.2) is 46.3 Å². The van der Waals surface area contributed by atoms with E-state index in [0.717, 1.165) is 25.7 Å². The summed E-state index contributed by atoms with van der Waals surface area (Å²) in [6, 6.07) is 0. The molecule has 5 N–H and O–H groups in total. The number of carbonyl (C=O) groups excluding carboxylic acids is 1. The number of ether oxygens (including phenoxy) is 1. The highest BCUT2D eigenvalue weighted by molar-refractivity contribution is 5.69. The summed E-state index contributed by atoms with van der Waals surface area (Å²) < 4.78 is 4.78. The Balaban J connectivity index is 3.50. The first-order chi connectivity index (χ1) is 13.5. The molecule has 6 heteroatoms. The van der Waals surface area contributed by atoms with Gasteiger partial charge in [-0.1, -0.05) is 70.4 Å². The maximum atomic E-state index is 11.7. The third-order valence-electron chi connectivity index (χ3n) is 4.97. The van der Waals surface area contributed by atoms with Crippen LogP contribution in [0.4, 0.5) is 0 Å². The van der Waals surface area contributed by atoms with Crippen LogP contribution in [0.15, 0.2) is 12.2 Å². The highest BCUT2D eigenvalue weighted by atomic mass is 16.6. The van der Waals surface area contributed by atoms with Gasteiger partial charge >= 0.3 is 5.97 Å². The van der Waals surface area contributed by atoms with Crippen molar-refractivity contribution in [3.8, 4) is 0 Å². The molecule has 0 aromatic rings. The van der Waals surface area contributed by atoms with Crippen molar-refractivity contribution >= 4 is 5.97 Å². The monoisotopic (exact) mass is 401 g/mol. The first-order valence-corrected chi connectivity index (χ1v) is 11.0. The summed E-state index contributed by atoms with van der Waals surface area (Å²) in [5, 5.41) is 27.8. The van der Waals surface area contributed by atoms with Gasteiger partial charge in [-0.25, -0.2) is 0 Å². The Kier molecular flexibility index (Phi) is 17.5. The predicted molar refractivity (Wildman–Crippen MR) is 113 cm³/mol. The Morgan fingerprint density at radius 3 is 1.86 bits per heavy atom. The molecule has 0 heterocycles. The fourth-order valence-electron chi connectivity index (χ4n) is 2.85. The van der Waals surface area contributed by atoms with Gasteiger partial charge in [-0.2, -0.15) is 0 Å². The van der Waals surface area contributed by atoms with Crippen LogP contribution in [0.5, 0.6) is 0 Å². The first-order valence-electron chi connectivity index (χ1n) is 11.0. The van der Waals surface area contributed by atoms with Gasteiger partial charge in [0, 0.05) is 6.42 Å². The lowest BCUT2D eigenvalue weighted by molar-refractivity contribution is -0.187. The number of esters is 1. The van der Waals surface area contributed by atoms with E-state index in [-0.39, 0.29) is 6.42 Å². The second kappa shape index (κ2) is 18.1. The van der Waals surface area contributed by atoms with Crippen molar-refractivity contribution in [3.05, 3.63) is 12.2 Å². The molecule has 0 aromatic carbocycles. The lowest BCUT2D eigenvalue weighted by Gasteiger charge is -2.29. The van der Waals surface area contributed by atoms with E-state index in [0.29, 0.717) is 6.42 Å². The Bertz CT molecular complexity index is 396. The average Bonchev–Trinajstić information content (AvgIpc) is 2.70. The van der Waals surface area contributed by atoms with Crippen LogP contribution in [0.25, 0.3) is 0 Å². The van der Waals surface area contributed by atoms with Gasteiger partial charge in [0.15, 0.2) is 0 Å². The lowest BCUT2D eigenvalue weighted by atomic mass is 10.0. The minimum absolute atomic E-state index is 0.197. The lowest BCUT2D eigenvalue weighted by Crippen LogP contribution is -2.58. The number of rotatable bonds is 19. The molecule has 166 valence electrons. The molecule has 1 atom stereocenters. The van der Waals surface area contributed by atoms with Crippen LogP contribution in [0.2, 0.25) is 0 Å². The second-order valence-corrected chi connectivity index (χ2v) is 7.73. The second-order valence-electron chi connectivity index (χ2n) is 7.73. The number of hydrogen-bond acceptors (Lipinski definition) is 6. The normalized spacial score (nSPS) is 13.2. The highest BCUT2D eigenvalue weighted by Gasteiger charge is 2.35. The molecule has 0 aliphatic rings. The van der Waals surface area contributed by atoms with Crippen molar-refractivity contribution in [2.75, 3.05) is 13.2 Å². The van der Waals surface area contributed by atoms with Gasteiger partial charge in [0.1, 0.15) is 5.54 Å². The number of aliphatic hydroxyl groups is 3. The largest absolute Gasteiger partial charge is 0.434 e. The van der Waals surface area contributed by atoms with E-state index >= 15 is 0 Å². The van der Waals surface area contributed by atoms with E-state index < -0.39 is 31.0 Å². The standard InChI is InChI=1S/C22H43NO5/c1-2-3-4-5-6-7-8-9-10-11-12-13-14-15-16-17-20(26)28-21(27)22(23,18-24)19-25/h9-10,21,24-25,27H,2-8,11-19,23H2,1H3/b10-9-. The average molecular weight is 402 g/mol. The van der Waals surface area contributed by atoms with E-state index in [4.69, 9.17) is 20.7 Å². The van der Waals surface area contributed by atoms with E-state index in [1.54, 1.807) is 0 Å². The number of nitrogens with two attached hydrogens (primary N) is 1. The molecule has 0 saturated heterocycles. The molecule has 1 unspecified atom stereocenters. The Hall–Kier alpha value is -0.950. The van der Waals surface area contributed by atoms with E-state index in [9.17, 15) is 9.90 Å². The predicted octanol–water partition coefficient (Wildman–Crippen LogP) is 3.57. The smallest absolute Gasteiger partial charge is 0.308 e. The minimum atomic E-state index is -1.72. The fourth-order valence-corrected chi connectivity index (χ4v) is 2.85. The highest BCUT2D eigenvalue weighted by Crippen LogP contribution is 2.12. The van der Waals surface area contributed by atoms with Crippen molar-refractivity contribution in [1.29, 1.82) is 0 Å². The minimum Gasteiger partial charge on any atom is -0.434 e. The van der Waals surface area contributed by atoms with Gasteiger partial charge in [0.2, 0.25) is 6.29 Å². The van der Waals surface area contributed by atoms with Crippen LogP contribution in [-0.2, 0) is 9.53 Å². The SMILES string of the molecule is CCCCCCCC/C=C\CCCCCCCC(=O)OC(O)C(N)(CO)CO. The molecule has 0 aliphatic carbocycles. The molecular weight excluding hydrogens is 358 g/mol.